The number of hydrogen-bond acceptors (Lipinski definition) is 5. The smallest absolute Gasteiger partial charge is 0.323 e. The molecule has 1 aromatic rings. The van der Waals surface area contributed by atoms with Crippen molar-refractivity contribution in [1.29, 1.82) is 0 Å². The monoisotopic (exact) mass is 346 g/mol. The zero-order valence-electron chi connectivity index (χ0n) is 14.5. The maximum absolute atomic E-state index is 12.8. The Morgan fingerprint density at radius 1 is 1.16 bits per heavy atom. The highest BCUT2D eigenvalue weighted by molar-refractivity contribution is 5.85. The van der Waals surface area contributed by atoms with Gasteiger partial charge in [-0.1, -0.05) is 6.07 Å². The van der Waals surface area contributed by atoms with E-state index in [0.717, 1.165) is 57.7 Å². The second kappa shape index (κ2) is 8.40. The summed E-state index contributed by atoms with van der Waals surface area (Å²) in [4.78, 5) is 34.2. The van der Waals surface area contributed by atoms with E-state index in [1.165, 1.54) is 4.90 Å². The van der Waals surface area contributed by atoms with Crippen molar-refractivity contribution in [2.45, 2.75) is 31.8 Å². The molecule has 0 aromatic carbocycles. The van der Waals surface area contributed by atoms with Gasteiger partial charge in [0, 0.05) is 45.5 Å². The SMILES string of the molecule is O=C(O)CN1CCCCC(N2CCN(Cc3ccccn3)CC2)C1=O. The molecular weight excluding hydrogens is 320 g/mol. The van der Waals surface area contributed by atoms with Crippen molar-refractivity contribution >= 4 is 11.9 Å². The molecule has 136 valence electrons. The second-order valence-electron chi connectivity index (χ2n) is 6.80. The molecule has 7 nitrogen and oxygen atoms in total. The van der Waals surface area contributed by atoms with Gasteiger partial charge in [-0.25, -0.2) is 0 Å². The van der Waals surface area contributed by atoms with Crippen molar-refractivity contribution in [2.24, 2.45) is 0 Å². The number of likely N-dealkylation sites (tertiary alicyclic amines) is 1. The van der Waals surface area contributed by atoms with Crippen LogP contribution >= 0.6 is 0 Å². The van der Waals surface area contributed by atoms with Gasteiger partial charge in [0.2, 0.25) is 5.91 Å². The summed E-state index contributed by atoms with van der Waals surface area (Å²) in [5, 5.41) is 9.03. The minimum atomic E-state index is -0.936. The molecule has 0 bridgehead atoms. The molecule has 3 heterocycles. The van der Waals surface area contributed by atoms with E-state index in [1.54, 1.807) is 0 Å². The molecule has 0 radical (unpaired) electrons. The van der Waals surface area contributed by atoms with Crippen molar-refractivity contribution < 1.29 is 14.7 Å². The summed E-state index contributed by atoms with van der Waals surface area (Å²) in [5.41, 5.74) is 1.06. The van der Waals surface area contributed by atoms with E-state index in [4.69, 9.17) is 5.11 Å². The zero-order chi connectivity index (χ0) is 17.6. The average Bonchev–Trinajstić information content (AvgIpc) is 2.78. The van der Waals surface area contributed by atoms with Gasteiger partial charge >= 0.3 is 5.97 Å². The molecule has 1 N–H and O–H groups in total. The van der Waals surface area contributed by atoms with Gasteiger partial charge < -0.3 is 10.0 Å². The van der Waals surface area contributed by atoms with Crippen molar-refractivity contribution in [3.05, 3.63) is 30.1 Å². The van der Waals surface area contributed by atoms with E-state index in [0.29, 0.717) is 6.54 Å². The number of nitrogens with zero attached hydrogens (tertiary/aromatic N) is 4. The van der Waals surface area contributed by atoms with Gasteiger partial charge in [-0.2, -0.15) is 0 Å². The molecule has 1 aromatic heterocycles. The zero-order valence-corrected chi connectivity index (χ0v) is 14.5. The number of piperazine rings is 1. The molecule has 2 fully saturated rings. The van der Waals surface area contributed by atoms with Gasteiger partial charge in [-0.15, -0.1) is 0 Å². The maximum Gasteiger partial charge on any atom is 0.323 e. The maximum atomic E-state index is 12.8. The van der Waals surface area contributed by atoms with Crippen LogP contribution in [-0.4, -0.2) is 82.0 Å². The third-order valence-corrected chi connectivity index (χ3v) is 5.04. The number of carboxylic acid groups (broad SMARTS) is 1. The van der Waals surface area contributed by atoms with E-state index >= 15 is 0 Å². The number of hydrogen-bond donors (Lipinski definition) is 1. The number of carboxylic acids is 1. The predicted octanol–water partition coefficient (Wildman–Crippen LogP) is 0.665. The van der Waals surface area contributed by atoms with Crippen LogP contribution in [0.5, 0.6) is 0 Å². The first-order chi connectivity index (χ1) is 12.1. The Morgan fingerprint density at radius 2 is 1.96 bits per heavy atom. The summed E-state index contributed by atoms with van der Waals surface area (Å²) < 4.78 is 0. The predicted molar refractivity (Wildman–Crippen MR) is 92.9 cm³/mol. The Balaban J connectivity index is 1.55. The largest absolute Gasteiger partial charge is 0.480 e. The lowest BCUT2D eigenvalue weighted by Crippen LogP contribution is -2.55. The Hall–Kier alpha value is -1.99. The fourth-order valence-corrected chi connectivity index (χ4v) is 3.70. The van der Waals surface area contributed by atoms with Crippen molar-refractivity contribution in [3.63, 3.8) is 0 Å². The molecule has 2 saturated heterocycles. The molecule has 2 aliphatic rings. The van der Waals surface area contributed by atoms with Crippen LogP contribution in [0.1, 0.15) is 25.0 Å². The number of amides is 1. The summed E-state index contributed by atoms with van der Waals surface area (Å²) in [7, 11) is 0. The molecule has 1 atom stereocenters. The molecule has 3 rings (SSSR count). The molecule has 2 aliphatic heterocycles. The number of aliphatic carboxylic acids is 1. The average molecular weight is 346 g/mol. The Labute approximate surface area is 148 Å². The number of rotatable bonds is 5. The first-order valence-corrected chi connectivity index (χ1v) is 9.00. The molecule has 0 spiro atoms. The highest BCUT2D eigenvalue weighted by atomic mass is 16.4. The molecule has 0 aliphatic carbocycles. The highest BCUT2D eigenvalue weighted by Crippen LogP contribution is 2.19. The summed E-state index contributed by atoms with van der Waals surface area (Å²) in [6, 6.07) is 5.78. The summed E-state index contributed by atoms with van der Waals surface area (Å²) >= 11 is 0. The number of carbonyl (C=O) groups is 2. The van der Waals surface area contributed by atoms with E-state index in [-0.39, 0.29) is 18.5 Å². The summed E-state index contributed by atoms with van der Waals surface area (Å²) in [6.45, 7) is 4.68. The molecule has 0 saturated carbocycles. The van der Waals surface area contributed by atoms with E-state index < -0.39 is 5.97 Å². The minimum Gasteiger partial charge on any atom is -0.480 e. The Kier molecular flexibility index (Phi) is 5.99. The van der Waals surface area contributed by atoms with Crippen LogP contribution < -0.4 is 0 Å². The van der Waals surface area contributed by atoms with Crippen LogP contribution in [0.3, 0.4) is 0 Å². The normalized spacial score (nSPS) is 23.4. The lowest BCUT2D eigenvalue weighted by atomic mass is 10.1. The third kappa shape index (κ3) is 4.76. The van der Waals surface area contributed by atoms with Gasteiger partial charge in [0.15, 0.2) is 0 Å². The standard InChI is InChI=1S/C18H26N4O3/c23-17(24)14-22-8-4-2-6-16(18(22)25)21-11-9-20(10-12-21)13-15-5-1-3-7-19-15/h1,3,5,7,16H,2,4,6,8-14H2,(H,23,24). The summed E-state index contributed by atoms with van der Waals surface area (Å²) in [5.74, 6) is -0.952. The van der Waals surface area contributed by atoms with Crippen LogP contribution in [0.2, 0.25) is 0 Å². The number of carbonyl (C=O) groups excluding carboxylic acids is 1. The Bertz CT molecular complexity index is 587. The Morgan fingerprint density at radius 3 is 2.64 bits per heavy atom. The lowest BCUT2D eigenvalue weighted by Gasteiger charge is -2.39. The van der Waals surface area contributed by atoms with Crippen LogP contribution in [0, 0.1) is 0 Å². The highest BCUT2D eigenvalue weighted by Gasteiger charge is 2.34. The van der Waals surface area contributed by atoms with Gasteiger partial charge in [0.05, 0.1) is 11.7 Å². The van der Waals surface area contributed by atoms with Crippen molar-refractivity contribution in [1.82, 2.24) is 19.7 Å². The van der Waals surface area contributed by atoms with Crippen LogP contribution in [0.4, 0.5) is 0 Å². The summed E-state index contributed by atoms with van der Waals surface area (Å²) in [6.07, 6.45) is 4.50. The van der Waals surface area contributed by atoms with E-state index in [1.807, 2.05) is 24.4 Å². The van der Waals surface area contributed by atoms with Crippen LogP contribution in [-0.2, 0) is 16.1 Å². The first kappa shape index (κ1) is 17.8. The number of aromatic nitrogens is 1. The van der Waals surface area contributed by atoms with E-state index in [9.17, 15) is 9.59 Å². The van der Waals surface area contributed by atoms with Gasteiger partial charge in [0.25, 0.3) is 0 Å². The fraction of sp³-hybridized carbons (Fsp3) is 0.611. The number of pyridine rings is 1. The topological polar surface area (TPSA) is 77.0 Å². The van der Waals surface area contributed by atoms with E-state index in [2.05, 4.69) is 14.8 Å². The lowest BCUT2D eigenvalue weighted by molar-refractivity contribution is -0.146. The molecular formula is C18H26N4O3. The van der Waals surface area contributed by atoms with Crippen molar-refractivity contribution in [2.75, 3.05) is 39.3 Å². The second-order valence-corrected chi connectivity index (χ2v) is 6.80. The molecule has 1 unspecified atom stereocenters. The first-order valence-electron chi connectivity index (χ1n) is 9.00. The molecule has 25 heavy (non-hydrogen) atoms. The third-order valence-electron chi connectivity index (χ3n) is 5.04. The molecule has 7 heteroatoms. The van der Waals surface area contributed by atoms with Gasteiger partial charge in [-0.05, 0) is 31.4 Å². The minimum absolute atomic E-state index is 0.0157. The molecule has 1 amide bonds. The van der Waals surface area contributed by atoms with Crippen LogP contribution in [0.15, 0.2) is 24.4 Å². The van der Waals surface area contributed by atoms with Gasteiger partial charge in [-0.3, -0.25) is 24.4 Å². The quantitative estimate of drug-likeness (QED) is 0.844. The van der Waals surface area contributed by atoms with Gasteiger partial charge in [0.1, 0.15) is 6.54 Å². The fourth-order valence-electron chi connectivity index (χ4n) is 3.70. The van der Waals surface area contributed by atoms with Crippen LogP contribution in [0.25, 0.3) is 0 Å². The van der Waals surface area contributed by atoms with Crippen molar-refractivity contribution in [3.8, 4) is 0 Å².